The lowest BCUT2D eigenvalue weighted by Crippen LogP contribution is -2.51. The van der Waals surface area contributed by atoms with Gasteiger partial charge in [0.1, 0.15) is 18.0 Å². The van der Waals surface area contributed by atoms with Gasteiger partial charge in [-0.1, -0.05) is 36.4 Å². The largest absolute Gasteiger partial charge is 0.484 e. The van der Waals surface area contributed by atoms with Crippen LogP contribution in [-0.2, 0) is 16.0 Å². The average Bonchev–Trinajstić information content (AvgIpc) is 3.18. The highest BCUT2D eigenvalue weighted by Crippen LogP contribution is 2.22. The molecule has 2 atom stereocenters. The van der Waals surface area contributed by atoms with E-state index in [1.807, 2.05) is 37.3 Å². The number of amides is 2. The molecule has 2 amide bonds. The summed E-state index contributed by atoms with van der Waals surface area (Å²) >= 11 is 0. The normalized spacial score (nSPS) is 19.6. The first-order valence-electron chi connectivity index (χ1n) is 9.48. The van der Waals surface area contributed by atoms with Gasteiger partial charge in [-0.05, 0) is 32.2 Å². The second-order valence-corrected chi connectivity index (χ2v) is 6.80. The van der Waals surface area contributed by atoms with Crippen LogP contribution in [0.2, 0.25) is 0 Å². The minimum Gasteiger partial charge on any atom is -0.484 e. The van der Waals surface area contributed by atoms with Gasteiger partial charge >= 0.3 is 0 Å². The number of hydrogen-bond donors (Lipinski definition) is 2. The molecular formula is C21H24N6O3. The molecule has 3 rings (SSSR count). The number of carbonyl (C=O) groups is 2. The fraction of sp³-hybridized carbons (Fsp3) is 0.286. The number of H-pyrrole nitrogens is 1. The molecule has 0 fully saturated rings. The molecule has 0 aliphatic carbocycles. The number of likely N-dealkylation sites (N-methyl/N-ethyl adjacent to an activating group) is 1. The summed E-state index contributed by atoms with van der Waals surface area (Å²) in [7, 11) is 1.56. The summed E-state index contributed by atoms with van der Waals surface area (Å²) < 4.78 is 5.87. The van der Waals surface area contributed by atoms with Gasteiger partial charge in [-0.3, -0.25) is 14.5 Å². The number of benzene rings is 1. The quantitative estimate of drug-likeness (QED) is 0.708. The van der Waals surface area contributed by atoms with E-state index in [2.05, 4.69) is 32.2 Å². The number of ether oxygens (including phenoxy) is 1. The standard InChI is InChI=1S/C21H24N6O3/c1-5-9-15-19(22-3)27(4)21(29)17(13(2)30-15)24-20(28)18-23-16(25-26-18)12-14-10-7-6-8-11-14/h5-11,13,17H,3,12H2,1-2,4H3,(H,24,28)(H,23,25,26)/b9-5-/t13-,17+/m1/s1. The predicted octanol–water partition coefficient (Wildman–Crippen LogP) is 1.82. The van der Waals surface area contributed by atoms with Crippen molar-refractivity contribution in [1.82, 2.24) is 25.4 Å². The van der Waals surface area contributed by atoms with Crippen molar-refractivity contribution in [2.45, 2.75) is 32.4 Å². The van der Waals surface area contributed by atoms with Gasteiger partial charge in [0, 0.05) is 13.5 Å². The highest BCUT2D eigenvalue weighted by atomic mass is 16.5. The fourth-order valence-corrected chi connectivity index (χ4v) is 3.11. The van der Waals surface area contributed by atoms with Crippen molar-refractivity contribution in [1.29, 1.82) is 0 Å². The number of allylic oxidation sites excluding steroid dienone is 2. The lowest BCUT2D eigenvalue weighted by molar-refractivity contribution is -0.131. The van der Waals surface area contributed by atoms with Gasteiger partial charge in [0.2, 0.25) is 5.82 Å². The molecule has 156 valence electrons. The Labute approximate surface area is 174 Å². The van der Waals surface area contributed by atoms with Crippen LogP contribution in [0, 0.1) is 0 Å². The van der Waals surface area contributed by atoms with E-state index >= 15 is 0 Å². The summed E-state index contributed by atoms with van der Waals surface area (Å²) in [4.78, 5) is 33.8. The summed E-state index contributed by atoms with van der Waals surface area (Å²) in [6.45, 7) is 7.04. The zero-order chi connectivity index (χ0) is 21.7. The van der Waals surface area contributed by atoms with Gasteiger partial charge < -0.3 is 15.0 Å². The first-order chi connectivity index (χ1) is 14.4. The second-order valence-electron chi connectivity index (χ2n) is 6.80. The number of carbonyl (C=O) groups excluding carboxylic acids is 2. The Bertz CT molecular complexity index is 995. The first-order valence-corrected chi connectivity index (χ1v) is 9.48. The maximum absolute atomic E-state index is 12.9. The van der Waals surface area contributed by atoms with Gasteiger partial charge in [-0.2, -0.15) is 0 Å². The summed E-state index contributed by atoms with van der Waals surface area (Å²) in [5.41, 5.74) is 1.04. The third kappa shape index (κ3) is 4.45. The first kappa shape index (κ1) is 21.0. The Morgan fingerprint density at radius 2 is 2.10 bits per heavy atom. The summed E-state index contributed by atoms with van der Waals surface area (Å²) in [5, 5.41) is 10.6. The molecule has 1 aliphatic heterocycles. The van der Waals surface area contributed by atoms with Crippen molar-refractivity contribution < 1.29 is 14.3 Å². The second kappa shape index (κ2) is 9.17. The Hall–Kier alpha value is -3.75. The number of aromatic nitrogens is 3. The number of nitrogens with zero attached hydrogens (tertiary/aromatic N) is 4. The van der Waals surface area contributed by atoms with Crippen LogP contribution in [0.5, 0.6) is 0 Å². The third-order valence-electron chi connectivity index (χ3n) is 4.63. The number of rotatable bonds is 6. The molecule has 0 spiro atoms. The molecule has 1 aromatic carbocycles. The maximum atomic E-state index is 12.9. The van der Waals surface area contributed by atoms with Crippen LogP contribution in [0.1, 0.15) is 35.9 Å². The van der Waals surface area contributed by atoms with E-state index < -0.39 is 18.1 Å². The third-order valence-corrected chi connectivity index (χ3v) is 4.63. The Morgan fingerprint density at radius 1 is 1.37 bits per heavy atom. The minimum atomic E-state index is -0.940. The highest BCUT2D eigenvalue weighted by Gasteiger charge is 2.37. The molecule has 30 heavy (non-hydrogen) atoms. The molecule has 0 saturated heterocycles. The minimum absolute atomic E-state index is 0.0246. The van der Waals surface area contributed by atoms with E-state index in [-0.39, 0.29) is 17.6 Å². The molecule has 1 aromatic heterocycles. The number of aliphatic imine (C=N–C) groups is 1. The Kier molecular flexibility index (Phi) is 6.41. The van der Waals surface area contributed by atoms with Gasteiger partial charge in [0.25, 0.3) is 11.8 Å². The number of aromatic amines is 1. The molecule has 9 heteroatoms. The van der Waals surface area contributed by atoms with Crippen molar-refractivity contribution in [2.75, 3.05) is 7.05 Å². The van der Waals surface area contributed by atoms with E-state index in [4.69, 9.17) is 4.74 Å². The van der Waals surface area contributed by atoms with Crippen molar-refractivity contribution in [3.63, 3.8) is 0 Å². The fourth-order valence-electron chi connectivity index (χ4n) is 3.11. The van der Waals surface area contributed by atoms with Crippen LogP contribution in [0.25, 0.3) is 0 Å². The molecule has 0 radical (unpaired) electrons. The molecule has 9 nitrogen and oxygen atoms in total. The van der Waals surface area contributed by atoms with Gasteiger partial charge in [-0.25, -0.2) is 4.99 Å². The lowest BCUT2D eigenvalue weighted by atomic mass is 10.1. The molecule has 2 N–H and O–H groups in total. The van der Waals surface area contributed by atoms with Gasteiger partial charge in [-0.15, -0.1) is 10.2 Å². The van der Waals surface area contributed by atoms with Crippen molar-refractivity contribution in [3.8, 4) is 0 Å². The van der Waals surface area contributed by atoms with Crippen LogP contribution < -0.4 is 5.32 Å². The van der Waals surface area contributed by atoms with Crippen molar-refractivity contribution in [2.24, 2.45) is 4.99 Å². The van der Waals surface area contributed by atoms with Crippen molar-refractivity contribution in [3.05, 3.63) is 71.3 Å². The maximum Gasteiger partial charge on any atom is 0.289 e. The van der Waals surface area contributed by atoms with E-state index in [1.165, 1.54) is 4.90 Å². The molecular weight excluding hydrogens is 384 g/mol. The SMILES string of the molecule is C=NC1=C(/C=C\C)O[C@H](C)[C@H](NC(=O)c2nnc(Cc3ccccc3)[nH]2)C(=O)N1C. The van der Waals surface area contributed by atoms with Gasteiger partial charge in [0.05, 0.1) is 0 Å². The zero-order valence-corrected chi connectivity index (χ0v) is 17.1. The van der Waals surface area contributed by atoms with Crippen LogP contribution in [0.15, 0.2) is 59.1 Å². The monoisotopic (exact) mass is 408 g/mol. The average molecular weight is 408 g/mol. The highest BCUT2D eigenvalue weighted by molar-refractivity contribution is 5.95. The predicted molar refractivity (Wildman–Crippen MR) is 112 cm³/mol. The lowest BCUT2D eigenvalue weighted by Gasteiger charge is -2.23. The molecule has 1 aliphatic rings. The van der Waals surface area contributed by atoms with Crippen LogP contribution >= 0.6 is 0 Å². The van der Waals surface area contributed by atoms with Crippen LogP contribution in [0.3, 0.4) is 0 Å². The summed E-state index contributed by atoms with van der Waals surface area (Å²) in [6.07, 6.45) is 3.34. The summed E-state index contributed by atoms with van der Waals surface area (Å²) in [6, 6.07) is 8.76. The molecule has 2 aromatic rings. The van der Waals surface area contributed by atoms with E-state index in [9.17, 15) is 9.59 Å². The van der Waals surface area contributed by atoms with Crippen LogP contribution in [0.4, 0.5) is 0 Å². The van der Waals surface area contributed by atoms with E-state index in [0.29, 0.717) is 18.0 Å². The topological polar surface area (TPSA) is 113 Å². The van der Waals surface area contributed by atoms with E-state index in [1.54, 1.807) is 26.1 Å². The van der Waals surface area contributed by atoms with E-state index in [0.717, 1.165) is 5.56 Å². The smallest absolute Gasteiger partial charge is 0.289 e. The number of nitrogens with one attached hydrogen (secondary N) is 2. The summed E-state index contributed by atoms with van der Waals surface area (Å²) in [5.74, 6) is 0.337. The van der Waals surface area contributed by atoms with Crippen molar-refractivity contribution >= 4 is 18.5 Å². The molecule has 0 saturated carbocycles. The van der Waals surface area contributed by atoms with Gasteiger partial charge in [0.15, 0.2) is 11.6 Å². The number of hydrogen-bond acceptors (Lipinski definition) is 6. The molecule has 2 heterocycles. The molecule has 0 unspecified atom stereocenters. The van der Waals surface area contributed by atoms with Crippen LogP contribution in [-0.4, -0.2) is 57.8 Å². The molecule has 0 bridgehead atoms. The Balaban J connectivity index is 1.75. The zero-order valence-electron chi connectivity index (χ0n) is 17.1. The Morgan fingerprint density at radius 3 is 2.77 bits per heavy atom.